The third-order valence-electron chi connectivity index (χ3n) is 1.36. The summed E-state index contributed by atoms with van der Waals surface area (Å²) in [7, 11) is -6.12. The van der Waals surface area contributed by atoms with Crippen molar-refractivity contribution in [2.75, 3.05) is 6.61 Å². The van der Waals surface area contributed by atoms with E-state index in [4.69, 9.17) is 4.55 Å². The van der Waals surface area contributed by atoms with Crippen LogP contribution < -0.4 is 0 Å². The highest BCUT2D eigenvalue weighted by Crippen LogP contribution is 2.36. The van der Waals surface area contributed by atoms with Crippen molar-refractivity contribution in [1.82, 2.24) is 0 Å². The molecule has 0 aromatic heterocycles. The van der Waals surface area contributed by atoms with Gasteiger partial charge in [0.1, 0.15) is 0 Å². The van der Waals surface area contributed by atoms with E-state index in [1.807, 2.05) is 0 Å². The zero-order valence-electron chi connectivity index (χ0n) is 7.84. The van der Waals surface area contributed by atoms with E-state index >= 15 is 0 Å². The second-order valence-corrected chi connectivity index (χ2v) is 4.31. The summed E-state index contributed by atoms with van der Waals surface area (Å²) in [6.07, 6.45) is -6.39. The Labute approximate surface area is 94.3 Å². The predicted molar refractivity (Wildman–Crippen MR) is 38.5 cm³/mol. The van der Waals surface area contributed by atoms with Crippen molar-refractivity contribution in [2.24, 2.45) is 0 Å². The highest BCUT2D eigenvalue weighted by Gasteiger charge is 2.65. The topological polar surface area (TPSA) is 80.7 Å². The predicted octanol–water partition coefficient (Wildman–Crippen LogP) is 1.21. The smallest absolute Gasteiger partial charge is 0.453 e. The number of ether oxygens (including phenoxy) is 1. The molecule has 0 heterocycles. The van der Waals surface area contributed by atoms with Crippen molar-refractivity contribution >= 4 is 16.1 Å². The second kappa shape index (κ2) is 4.53. The minimum absolute atomic E-state index is 2.68. The first-order valence-electron chi connectivity index (χ1n) is 3.59. The molecule has 18 heavy (non-hydrogen) atoms. The molecular formula is C5H3F7O5S. The van der Waals surface area contributed by atoms with Crippen molar-refractivity contribution in [3.63, 3.8) is 0 Å². The highest BCUT2D eigenvalue weighted by molar-refractivity contribution is 7.86. The lowest BCUT2D eigenvalue weighted by Gasteiger charge is -2.19. The molecule has 0 fully saturated rings. The molecule has 0 aliphatic rings. The summed E-state index contributed by atoms with van der Waals surface area (Å²) in [5.41, 5.74) is 0. The minimum atomic E-state index is -6.39. The lowest BCUT2D eigenvalue weighted by atomic mass is 10.3. The lowest BCUT2D eigenvalue weighted by molar-refractivity contribution is -0.281. The molecule has 0 amide bonds. The van der Waals surface area contributed by atoms with Gasteiger partial charge in [0.15, 0.2) is 6.61 Å². The number of esters is 1. The summed E-state index contributed by atoms with van der Waals surface area (Å²) >= 11 is 0. The van der Waals surface area contributed by atoms with E-state index in [-0.39, 0.29) is 0 Å². The van der Waals surface area contributed by atoms with Crippen LogP contribution in [0.4, 0.5) is 30.7 Å². The van der Waals surface area contributed by atoms with Crippen molar-refractivity contribution in [2.45, 2.75) is 17.4 Å². The van der Waals surface area contributed by atoms with Gasteiger partial charge in [-0.25, -0.2) is 4.79 Å². The molecule has 0 atom stereocenters. The number of carbonyl (C=O) groups excluding carboxylic acids is 1. The third-order valence-corrected chi connectivity index (χ3v) is 2.23. The number of hydrogen-bond donors (Lipinski definition) is 1. The summed E-state index contributed by atoms with van der Waals surface area (Å²) in [6.45, 7) is -2.68. The maximum Gasteiger partial charge on any atom is 0.465 e. The first-order chi connectivity index (χ1) is 7.63. The summed E-state index contributed by atoms with van der Waals surface area (Å²) < 4.78 is 114. The fraction of sp³-hybridized carbons (Fsp3) is 0.800. The van der Waals surface area contributed by atoms with Crippen LogP contribution in [-0.2, 0) is 19.6 Å². The number of halogens is 7. The zero-order chi connectivity index (χ0) is 15.0. The maximum absolute atomic E-state index is 12.3. The first-order valence-corrected chi connectivity index (χ1v) is 5.03. The van der Waals surface area contributed by atoms with Crippen molar-refractivity contribution in [3.8, 4) is 0 Å². The molecular weight excluding hydrogens is 305 g/mol. The van der Waals surface area contributed by atoms with E-state index in [2.05, 4.69) is 4.74 Å². The number of alkyl halides is 7. The quantitative estimate of drug-likeness (QED) is 0.479. The van der Waals surface area contributed by atoms with Gasteiger partial charge in [0.05, 0.1) is 0 Å². The molecule has 0 radical (unpaired) electrons. The highest BCUT2D eigenvalue weighted by atomic mass is 32.2. The van der Waals surface area contributed by atoms with E-state index < -0.39 is 40.0 Å². The van der Waals surface area contributed by atoms with Crippen LogP contribution >= 0.6 is 0 Å². The van der Waals surface area contributed by atoms with Crippen LogP contribution in [0, 0.1) is 0 Å². The SMILES string of the molecule is O=C(OCC(F)(F)S(=O)(=O)O)C(F)(F)C(F)(F)F. The van der Waals surface area contributed by atoms with E-state index in [0.717, 1.165) is 0 Å². The summed E-state index contributed by atoms with van der Waals surface area (Å²) in [6, 6.07) is 0. The molecule has 0 aromatic carbocycles. The summed E-state index contributed by atoms with van der Waals surface area (Å²) in [5, 5.41) is -5.20. The molecule has 0 saturated carbocycles. The Balaban J connectivity index is 4.84. The maximum atomic E-state index is 12.3. The minimum Gasteiger partial charge on any atom is -0.453 e. The van der Waals surface area contributed by atoms with Gasteiger partial charge in [0.2, 0.25) is 0 Å². The van der Waals surface area contributed by atoms with Gasteiger partial charge in [-0.05, 0) is 0 Å². The van der Waals surface area contributed by atoms with Crippen LogP contribution in [-0.4, -0.2) is 42.9 Å². The fourth-order valence-electron chi connectivity index (χ4n) is 0.430. The van der Waals surface area contributed by atoms with Gasteiger partial charge in [-0.1, -0.05) is 0 Å². The van der Waals surface area contributed by atoms with Gasteiger partial charge >= 0.3 is 33.4 Å². The largest absolute Gasteiger partial charge is 0.465 e. The Morgan fingerprint density at radius 1 is 1.06 bits per heavy atom. The van der Waals surface area contributed by atoms with Gasteiger partial charge in [-0.2, -0.15) is 39.2 Å². The Morgan fingerprint density at radius 3 is 1.72 bits per heavy atom. The number of carbonyl (C=O) groups is 1. The molecule has 1 N–H and O–H groups in total. The Morgan fingerprint density at radius 2 is 1.44 bits per heavy atom. The third kappa shape index (κ3) is 3.44. The van der Waals surface area contributed by atoms with Crippen LogP contribution in [0.1, 0.15) is 0 Å². The van der Waals surface area contributed by atoms with Crippen LogP contribution in [0.25, 0.3) is 0 Å². The molecule has 5 nitrogen and oxygen atoms in total. The van der Waals surface area contributed by atoms with Gasteiger partial charge < -0.3 is 4.74 Å². The van der Waals surface area contributed by atoms with E-state index in [9.17, 15) is 43.9 Å². The van der Waals surface area contributed by atoms with E-state index in [0.29, 0.717) is 0 Å². The average Bonchev–Trinajstić information content (AvgIpc) is 2.10. The van der Waals surface area contributed by atoms with E-state index in [1.165, 1.54) is 0 Å². The van der Waals surface area contributed by atoms with Crippen molar-refractivity contribution in [1.29, 1.82) is 0 Å². The first kappa shape index (κ1) is 16.9. The summed E-state index contributed by atoms with van der Waals surface area (Å²) in [5.74, 6) is -9.50. The molecule has 0 bridgehead atoms. The number of rotatable bonds is 4. The average molecular weight is 308 g/mol. The Bertz CT molecular complexity index is 424. The monoisotopic (exact) mass is 308 g/mol. The normalized spacial score (nSPS) is 14.4. The van der Waals surface area contributed by atoms with Gasteiger partial charge in [-0.3, -0.25) is 4.55 Å². The molecule has 0 rings (SSSR count). The molecule has 0 aliphatic carbocycles. The zero-order valence-corrected chi connectivity index (χ0v) is 8.66. The lowest BCUT2D eigenvalue weighted by Crippen LogP contribution is -2.47. The molecule has 13 heteroatoms. The summed E-state index contributed by atoms with van der Waals surface area (Å²) in [4.78, 5) is 10.2. The standard InChI is InChI=1S/C5H3F7O5S/c6-3(7,18(14,15)16)1-17-2(13)4(8,9)5(10,11)12/h1H2,(H,14,15,16). The van der Waals surface area contributed by atoms with Gasteiger partial charge in [0.25, 0.3) is 0 Å². The van der Waals surface area contributed by atoms with Crippen LogP contribution in [0.15, 0.2) is 0 Å². The fourth-order valence-corrected chi connectivity index (χ4v) is 0.638. The van der Waals surface area contributed by atoms with Gasteiger partial charge in [-0.15, -0.1) is 0 Å². The Kier molecular flexibility index (Phi) is 4.25. The Hall–Kier alpha value is -1.11. The second-order valence-electron chi connectivity index (χ2n) is 2.76. The van der Waals surface area contributed by atoms with Crippen LogP contribution in [0.5, 0.6) is 0 Å². The van der Waals surface area contributed by atoms with E-state index in [1.54, 1.807) is 0 Å². The van der Waals surface area contributed by atoms with Crippen LogP contribution in [0.2, 0.25) is 0 Å². The molecule has 0 saturated heterocycles. The van der Waals surface area contributed by atoms with Gasteiger partial charge in [0, 0.05) is 0 Å². The molecule has 0 aromatic rings. The molecule has 0 aliphatic heterocycles. The molecule has 0 unspecified atom stereocenters. The van der Waals surface area contributed by atoms with Crippen molar-refractivity contribution in [3.05, 3.63) is 0 Å². The molecule has 108 valence electrons. The molecule has 0 spiro atoms. The number of hydrogen-bond acceptors (Lipinski definition) is 4. The van der Waals surface area contributed by atoms with Crippen molar-refractivity contribution < 1.29 is 53.2 Å². The van der Waals surface area contributed by atoms with Crippen LogP contribution in [0.3, 0.4) is 0 Å².